The molecule has 0 aliphatic carbocycles. The molecule has 1 aliphatic heterocycles. The predicted octanol–water partition coefficient (Wildman–Crippen LogP) is 5.82. The first-order valence-corrected chi connectivity index (χ1v) is 11.6. The monoisotopic (exact) mass is 440 g/mol. The van der Waals surface area contributed by atoms with Gasteiger partial charge in [0.25, 0.3) is 5.91 Å². The SMILES string of the molecule is COCc1c(C(=O)N2CCCC(c3nc4ccccc4s3)C2)sc2cccc(F)c12. The Bertz CT molecular complexity index is 1200. The van der Waals surface area contributed by atoms with Crippen LogP contribution in [-0.4, -0.2) is 36.0 Å². The van der Waals surface area contributed by atoms with Crippen LogP contribution in [0.1, 0.15) is 39.0 Å². The van der Waals surface area contributed by atoms with Crippen molar-refractivity contribution in [1.82, 2.24) is 9.88 Å². The van der Waals surface area contributed by atoms with E-state index in [0.717, 1.165) is 28.1 Å². The molecule has 7 heteroatoms. The summed E-state index contributed by atoms with van der Waals surface area (Å²) in [4.78, 5) is 20.8. The zero-order valence-electron chi connectivity index (χ0n) is 16.6. The summed E-state index contributed by atoms with van der Waals surface area (Å²) >= 11 is 3.07. The summed E-state index contributed by atoms with van der Waals surface area (Å²) in [6.07, 6.45) is 1.96. The van der Waals surface area contributed by atoms with Gasteiger partial charge in [-0.3, -0.25) is 4.79 Å². The highest BCUT2D eigenvalue weighted by Crippen LogP contribution is 2.37. The molecule has 0 spiro atoms. The van der Waals surface area contributed by atoms with Crippen LogP contribution in [0.5, 0.6) is 0 Å². The third kappa shape index (κ3) is 3.41. The van der Waals surface area contributed by atoms with Crippen molar-refractivity contribution in [2.45, 2.75) is 25.4 Å². The molecule has 0 radical (unpaired) electrons. The summed E-state index contributed by atoms with van der Waals surface area (Å²) in [7, 11) is 1.57. The topological polar surface area (TPSA) is 42.4 Å². The van der Waals surface area contributed by atoms with Crippen LogP contribution < -0.4 is 0 Å². The Hall–Kier alpha value is -2.35. The van der Waals surface area contributed by atoms with Crippen LogP contribution in [0.3, 0.4) is 0 Å². The van der Waals surface area contributed by atoms with Crippen molar-refractivity contribution in [3.63, 3.8) is 0 Å². The standard InChI is InChI=1S/C23H21FN2O2S2/c1-28-13-15-20-16(24)7-4-10-19(20)29-21(15)23(27)26-11-5-6-14(12-26)22-25-17-8-2-3-9-18(17)30-22/h2-4,7-10,14H,5-6,11-13H2,1H3. The fraction of sp³-hybridized carbons (Fsp3) is 0.304. The summed E-state index contributed by atoms with van der Waals surface area (Å²) in [5.74, 6) is -0.105. The average Bonchev–Trinajstić information content (AvgIpc) is 3.36. The quantitative estimate of drug-likeness (QED) is 0.402. The number of carbonyl (C=O) groups excluding carboxylic acids is 1. The summed E-state index contributed by atoms with van der Waals surface area (Å²) in [5.41, 5.74) is 1.67. The first-order chi connectivity index (χ1) is 14.7. The van der Waals surface area contributed by atoms with Gasteiger partial charge in [0.05, 0.1) is 26.7 Å². The lowest BCUT2D eigenvalue weighted by Crippen LogP contribution is -2.39. The van der Waals surface area contributed by atoms with E-state index in [-0.39, 0.29) is 24.2 Å². The molecule has 3 heterocycles. The lowest BCUT2D eigenvalue weighted by atomic mass is 9.98. The number of thiazole rings is 1. The number of benzene rings is 2. The zero-order valence-corrected chi connectivity index (χ0v) is 18.2. The average molecular weight is 441 g/mol. The molecule has 1 fully saturated rings. The van der Waals surface area contributed by atoms with Crippen LogP contribution >= 0.6 is 22.7 Å². The third-order valence-electron chi connectivity index (χ3n) is 5.61. The van der Waals surface area contributed by atoms with Gasteiger partial charge in [0.1, 0.15) is 5.82 Å². The second-order valence-corrected chi connectivity index (χ2v) is 9.68. The molecule has 0 bridgehead atoms. The van der Waals surface area contributed by atoms with Crippen molar-refractivity contribution >= 4 is 48.9 Å². The highest BCUT2D eigenvalue weighted by Gasteiger charge is 2.30. The maximum Gasteiger partial charge on any atom is 0.264 e. The van der Waals surface area contributed by atoms with E-state index in [9.17, 15) is 9.18 Å². The molecule has 1 saturated heterocycles. The number of likely N-dealkylation sites (tertiary alicyclic amines) is 1. The number of carbonyl (C=O) groups is 1. The van der Waals surface area contributed by atoms with E-state index in [0.29, 0.717) is 28.9 Å². The lowest BCUT2D eigenvalue weighted by Gasteiger charge is -2.31. The fourth-order valence-electron chi connectivity index (χ4n) is 4.19. The number of rotatable bonds is 4. The largest absolute Gasteiger partial charge is 0.380 e. The van der Waals surface area contributed by atoms with Gasteiger partial charge in [-0.05, 0) is 37.1 Å². The normalized spacial score (nSPS) is 17.1. The fourth-order valence-corrected chi connectivity index (χ4v) is 6.48. The van der Waals surface area contributed by atoms with Crippen LogP contribution in [0.4, 0.5) is 4.39 Å². The highest BCUT2D eigenvalue weighted by molar-refractivity contribution is 7.21. The van der Waals surface area contributed by atoms with Gasteiger partial charge in [0, 0.05) is 41.8 Å². The van der Waals surface area contributed by atoms with Gasteiger partial charge in [0.2, 0.25) is 0 Å². The Balaban J connectivity index is 1.46. The molecule has 4 aromatic rings. The minimum atomic E-state index is -0.305. The number of fused-ring (bicyclic) bond motifs is 2. The van der Waals surface area contributed by atoms with Gasteiger partial charge in [-0.2, -0.15) is 0 Å². The van der Waals surface area contributed by atoms with Crippen molar-refractivity contribution in [2.75, 3.05) is 20.2 Å². The van der Waals surface area contributed by atoms with Crippen LogP contribution in [0.25, 0.3) is 20.3 Å². The Morgan fingerprint density at radius 2 is 2.03 bits per heavy atom. The van der Waals surface area contributed by atoms with E-state index < -0.39 is 0 Å². The number of thiophene rings is 1. The molecule has 0 N–H and O–H groups in total. The third-order valence-corrected chi connectivity index (χ3v) is 8.00. The van der Waals surface area contributed by atoms with Crippen molar-refractivity contribution in [3.8, 4) is 0 Å². The number of hydrogen-bond donors (Lipinski definition) is 0. The van der Waals surface area contributed by atoms with Gasteiger partial charge >= 0.3 is 0 Å². The number of aromatic nitrogens is 1. The molecule has 4 nitrogen and oxygen atoms in total. The molecule has 0 saturated carbocycles. The van der Waals surface area contributed by atoms with E-state index in [1.807, 2.05) is 29.2 Å². The van der Waals surface area contributed by atoms with E-state index in [4.69, 9.17) is 9.72 Å². The Morgan fingerprint density at radius 3 is 2.87 bits per heavy atom. The molecule has 1 atom stereocenters. The minimum absolute atomic E-state index is 0.0338. The first kappa shape index (κ1) is 19.6. The van der Waals surface area contributed by atoms with Crippen LogP contribution in [0, 0.1) is 5.82 Å². The Labute approximate surface area is 181 Å². The molecular formula is C23H21FN2O2S2. The molecule has 1 aliphatic rings. The van der Waals surface area contributed by atoms with E-state index in [1.165, 1.54) is 22.1 Å². The lowest BCUT2D eigenvalue weighted by molar-refractivity contribution is 0.0708. The molecule has 1 amide bonds. The Morgan fingerprint density at radius 1 is 1.20 bits per heavy atom. The number of piperidine rings is 1. The Kier molecular flexibility index (Phi) is 5.26. The van der Waals surface area contributed by atoms with Gasteiger partial charge in [-0.25, -0.2) is 9.37 Å². The van der Waals surface area contributed by atoms with E-state index in [2.05, 4.69) is 6.07 Å². The maximum absolute atomic E-state index is 14.5. The molecule has 154 valence electrons. The number of hydrogen-bond acceptors (Lipinski definition) is 5. The molecule has 2 aromatic carbocycles. The number of para-hydroxylation sites is 1. The molecule has 2 aromatic heterocycles. The number of methoxy groups -OCH3 is 1. The molecule has 30 heavy (non-hydrogen) atoms. The van der Waals surface area contributed by atoms with Crippen molar-refractivity contribution in [1.29, 1.82) is 0 Å². The summed E-state index contributed by atoms with van der Waals surface area (Å²) in [6, 6.07) is 13.1. The maximum atomic E-state index is 14.5. The van der Waals surface area contributed by atoms with Gasteiger partial charge in [-0.1, -0.05) is 18.2 Å². The first-order valence-electron chi connectivity index (χ1n) is 9.99. The van der Waals surface area contributed by atoms with Gasteiger partial charge in [-0.15, -0.1) is 22.7 Å². The summed E-state index contributed by atoms with van der Waals surface area (Å²) in [5, 5.41) is 1.60. The van der Waals surface area contributed by atoms with Crippen molar-refractivity contribution < 1.29 is 13.9 Å². The molecule has 1 unspecified atom stereocenters. The zero-order chi connectivity index (χ0) is 20.7. The van der Waals surface area contributed by atoms with Crippen molar-refractivity contribution in [2.24, 2.45) is 0 Å². The second-order valence-electron chi connectivity index (χ2n) is 7.57. The van der Waals surface area contributed by atoms with Crippen LogP contribution in [0.2, 0.25) is 0 Å². The number of halogens is 1. The van der Waals surface area contributed by atoms with Crippen molar-refractivity contribution in [3.05, 3.63) is 63.7 Å². The van der Waals surface area contributed by atoms with Gasteiger partial charge in [0.15, 0.2) is 0 Å². The molecular weight excluding hydrogens is 419 g/mol. The second kappa shape index (κ2) is 8.06. The number of ether oxygens (including phenoxy) is 1. The molecule has 5 rings (SSSR count). The van der Waals surface area contributed by atoms with Crippen LogP contribution in [-0.2, 0) is 11.3 Å². The van der Waals surface area contributed by atoms with E-state index >= 15 is 0 Å². The minimum Gasteiger partial charge on any atom is -0.380 e. The summed E-state index contributed by atoms with van der Waals surface area (Å²) in [6.45, 7) is 1.57. The number of nitrogens with zero attached hydrogens (tertiary/aromatic N) is 2. The summed E-state index contributed by atoms with van der Waals surface area (Å²) < 4.78 is 21.8. The predicted molar refractivity (Wildman–Crippen MR) is 120 cm³/mol. The van der Waals surface area contributed by atoms with Crippen LogP contribution in [0.15, 0.2) is 42.5 Å². The van der Waals surface area contributed by atoms with E-state index in [1.54, 1.807) is 24.5 Å². The smallest absolute Gasteiger partial charge is 0.264 e. The number of amides is 1. The van der Waals surface area contributed by atoms with Gasteiger partial charge < -0.3 is 9.64 Å². The highest BCUT2D eigenvalue weighted by atomic mass is 32.1.